The highest BCUT2D eigenvalue weighted by molar-refractivity contribution is 8.39. The van der Waals surface area contributed by atoms with Crippen molar-refractivity contribution in [1.82, 2.24) is 0 Å². The molecule has 0 radical (unpaired) electrons. The van der Waals surface area contributed by atoms with Gasteiger partial charge in [0, 0.05) is 5.75 Å². The molecule has 3 saturated heterocycles. The standard InChI is InChI=1S/C91H75NO25S2/c93-78(56-31-11-1-12-32-56)103-53-66-69(109-79(94)57-33-13-2-14-34-57)72(112-82(97)60-39-19-5-20-40-60)75(115-85(100)63-45-25-8-26-46-63)88(106-66)104-54-67-70(110-80(95)58-35-15-3-16-36-58)73(113-83(98)61-41-21-6-22-42-61)76(116-86(101)64-47-27-9-28-48-64)89(107-67)105-55-68-71(111-81(96)59-37-17-4-18-38-59)74(114-84(99)62-43-23-7-24-44-62)77(90(108-68)119-91-92-51-52-118-91)117-87(102)65-49-29-10-30-50-65/h1-50,66-77,88-90H,51-55H2/t66-,67-,68-,69+,70-,71-,72+,73+,74+,75-,76-,77-,88-,89-,90+/m1/s1. The molecule has 4 aliphatic rings. The summed E-state index contributed by atoms with van der Waals surface area (Å²) in [5, 5.41) is 0. The van der Waals surface area contributed by atoms with Crippen molar-refractivity contribution in [1.29, 1.82) is 0 Å². The van der Waals surface area contributed by atoms with E-state index < -0.39 is 171 Å². The van der Waals surface area contributed by atoms with E-state index in [4.69, 9.17) is 71.1 Å². The maximum Gasteiger partial charge on any atom is 0.338 e. The monoisotopic (exact) mass is 1650 g/mol. The minimum Gasteiger partial charge on any atom is -0.459 e. The summed E-state index contributed by atoms with van der Waals surface area (Å²) < 4.78 is 99.3. The molecule has 0 unspecified atom stereocenters. The van der Waals surface area contributed by atoms with Crippen molar-refractivity contribution in [2.75, 3.05) is 32.1 Å². The first-order valence-corrected chi connectivity index (χ1v) is 39.6. The van der Waals surface area contributed by atoms with E-state index in [1.165, 1.54) is 133 Å². The Kier molecular flexibility index (Phi) is 28.0. The number of aliphatic imine (C=N–C) groups is 1. The summed E-state index contributed by atoms with van der Waals surface area (Å²) in [6.07, 6.45) is -26.8. The molecule has 606 valence electrons. The summed E-state index contributed by atoms with van der Waals surface area (Å²) in [5.41, 5.74) is -1.41. The highest BCUT2D eigenvalue weighted by Gasteiger charge is 2.59. The van der Waals surface area contributed by atoms with E-state index in [1.54, 1.807) is 182 Å². The minimum atomic E-state index is -2.11. The molecule has 10 aromatic rings. The van der Waals surface area contributed by atoms with Crippen LogP contribution in [0, 0.1) is 0 Å². The van der Waals surface area contributed by atoms with Crippen LogP contribution in [0.4, 0.5) is 0 Å². The molecule has 119 heavy (non-hydrogen) atoms. The van der Waals surface area contributed by atoms with Gasteiger partial charge in [-0.15, -0.1) is 0 Å². The zero-order valence-corrected chi connectivity index (χ0v) is 64.7. The van der Waals surface area contributed by atoms with Crippen LogP contribution < -0.4 is 0 Å². The Morgan fingerprint density at radius 3 is 0.748 bits per heavy atom. The molecule has 0 amide bonds. The van der Waals surface area contributed by atoms with Crippen LogP contribution in [0.3, 0.4) is 0 Å². The SMILES string of the molecule is O=C(OC[C@H]1O[C@@H](OC[C@H]2O[C@@H](OC[C@H]3O[C@@H](SC4=NCCS4)[C@H](OC(=O)c4ccccc4)[C@@H](OC(=O)c4ccccc4)[C@@H]3OC(=O)c3ccccc3)[C@H](OC(=O)c3ccccc3)[C@@H](OC(=O)c3ccccc3)[C@@H]2OC(=O)c2ccccc2)[C@H](OC(=O)c2ccccc2)[C@@H](OC(=O)c2ccccc2)[C@H]1OC(=O)c1ccccc1)c1ccccc1. The van der Waals surface area contributed by atoms with Crippen LogP contribution in [0.1, 0.15) is 104 Å². The van der Waals surface area contributed by atoms with Crippen molar-refractivity contribution in [2.24, 2.45) is 4.99 Å². The Labute approximate surface area is 690 Å². The molecular formula is C91H75NO25S2. The fraction of sp³-hybridized carbons (Fsp3) is 0.220. The van der Waals surface area contributed by atoms with Crippen molar-refractivity contribution >= 4 is 87.6 Å². The number of benzene rings is 10. The van der Waals surface area contributed by atoms with Crippen LogP contribution in [0.25, 0.3) is 0 Å². The third-order valence-electron chi connectivity index (χ3n) is 19.1. The molecule has 26 nitrogen and oxygen atoms in total. The molecule has 10 aromatic carbocycles. The van der Waals surface area contributed by atoms with Crippen molar-refractivity contribution in [3.8, 4) is 0 Å². The van der Waals surface area contributed by atoms with Crippen LogP contribution in [0.15, 0.2) is 308 Å². The van der Waals surface area contributed by atoms with Crippen LogP contribution in [-0.2, 0) is 71.1 Å². The zero-order valence-electron chi connectivity index (χ0n) is 63.0. The summed E-state index contributed by atoms with van der Waals surface area (Å²) >= 11 is 2.37. The molecule has 0 bridgehead atoms. The summed E-state index contributed by atoms with van der Waals surface area (Å²) in [7, 11) is 0. The van der Waals surface area contributed by atoms with E-state index in [2.05, 4.69) is 4.99 Å². The Balaban J connectivity index is 0.908. The van der Waals surface area contributed by atoms with Gasteiger partial charge in [-0.2, -0.15) is 0 Å². The van der Waals surface area contributed by atoms with Crippen LogP contribution in [-0.4, -0.2) is 187 Å². The lowest BCUT2D eigenvalue weighted by Crippen LogP contribution is -2.65. The van der Waals surface area contributed by atoms with E-state index in [-0.39, 0.29) is 55.6 Å². The third-order valence-corrected chi connectivity index (χ3v) is 21.4. The number of thioether (sulfide) groups is 2. The summed E-state index contributed by atoms with van der Waals surface area (Å²) in [6.45, 7) is -2.23. The normalized spacial score (nSPS) is 23.1. The van der Waals surface area contributed by atoms with E-state index in [1.807, 2.05) is 0 Å². The molecule has 28 heteroatoms. The average Bonchev–Trinajstić information content (AvgIpc) is 1.01. The van der Waals surface area contributed by atoms with Gasteiger partial charge in [0.15, 0.2) is 73.0 Å². The first-order chi connectivity index (χ1) is 58.2. The largest absolute Gasteiger partial charge is 0.459 e. The second-order valence-electron chi connectivity index (χ2n) is 27.0. The van der Waals surface area contributed by atoms with Gasteiger partial charge in [0.1, 0.15) is 29.3 Å². The van der Waals surface area contributed by atoms with E-state index in [0.29, 0.717) is 16.7 Å². The number of hydrogen-bond donors (Lipinski definition) is 0. The number of hydrogen-bond acceptors (Lipinski definition) is 28. The molecule has 4 aliphatic heterocycles. The lowest BCUT2D eigenvalue weighted by atomic mass is 9.96. The third kappa shape index (κ3) is 21.3. The fourth-order valence-corrected chi connectivity index (χ4v) is 15.4. The maximum absolute atomic E-state index is 15.2. The van der Waals surface area contributed by atoms with Crippen molar-refractivity contribution in [2.45, 2.75) is 91.3 Å². The number of nitrogens with zero attached hydrogens (tertiary/aromatic N) is 1. The molecule has 0 aromatic heterocycles. The van der Waals surface area contributed by atoms with Crippen LogP contribution in [0.2, 0.25) is 0 Å². The molecule has 3 fully saturated rings. The molecule has 14 rings (SSSR count). The first-order valence-electron chi connectivity index (χ1n) is 37.8. The number of ether oxygens (including phenoxy) is 15. The van der Waals surface area contributed by atoms with Gasteiger partial charge >= 0.3 is 59.7 Å². The number of carbonyl (C=O) groups excluding carboxylic acids is 10. The van der Waals surface area contributed by atoms with Gasteiger partial charge in [0.2, 0.25) is 0 Å². The lowest BCUT2D eigenvalue weighted by molar-refractivity contribution is -0.332. The fourth-order valence-electron chi connectivity index (χ4n) is 13.2. The molecule has 0 aliphatic carbocycles. The minimum absolute atomic E-state index is 0.00454. The Morgan fingerprint density at radius 2 is 0.487 bits per heavy atom. The molecule has 4 heterocycles. The van der Waals surface area contributed by atoms with Gasteiger partial charge in [-0.1, -0.05) is 206 Å². The Hall–Kier alpha value is -12.9. The van der Waals surface area contributed by atoms with Gasteiger partial charge in [-0.3, -0.25) is 4.99 Å². The van der Waals surface area contributed by atoms with E-state index >= 15 is 14.4 Å². The first kappa shape index (κ1) is 82.6. The predicted octanol–water partition coefficient (Wildman–Crippen LogP) is 12.9. The zero-order chi connectivity index (χ0) is 82.4. The van der Waals surface area contributed by atoms with Gasteiger partial charge in [0.25, 0.3) is 0 Å². The van der Waals surface area contributed by atoms with Crippen LogP contribution in [0.5, 0.6) is 0 Å². The predicted molar refractivity (Wildman–Crippen MR) is 428 cm³/mol. The van der Waals surface area contributed by atoms with Crippen molar-refractivity contribution in [3.63, 3.8) is 0 Å². The van der Waals surface area contributed by atoms with E-state index in [0.717, 1.165) is 11.8 Å². The van der Waals surface area contributed by atoms with Gasteiger partial charge in [0.05, 0.1) is 75.4 Å². The molecule has 15 atom stereocenters. The highest BCUT2D eigenvalue weighted by Crippen LogP contribution is 2.41. The summed E-state index contributed by atoms with van der Waals surface area (Å²) in [4.78, 5) is 153. The molecule has 0 N–H and O–H groups in total. The van der Waals surface area contributed by atoms with Crippen molar-refractivity contribution in [3.05, 3.63) is 359 Å². The summed E-state index contributed by atoms with van der Waals surface area (Å²) in [6, 6.07) is 77.1. The number of carbonyl (C=O) groups is 10. The van der Waals surface area contributed by atoms with Crippen molar-refractivity contribution < 1.29 is 119 Å². The second kappa shape index (κ2) is 40.3. The number of rotatable bonds is 28. The highest BCUT2D eigenvalue weighted by atomic mass is 32.2. The number of esters is 10. The van der Waals surface area contributed by atoms with E-state index in [9.17, 15) is 33.6 Å². The van der Waals surface area contributed by atoms with Gasteiger partial charge in [-0.25, -0.2) is 47.9 Å². The molecule has 0 spiro atoms. The quantitative estimate of drug-likeness (QED) is 0.0325. The maximum atomic E-state index is 15.2. The average molecular weight is 1650 g/mol. The smallest absolute Gasteiger partial charge is 0.338 e. The van der Waals surface area contributed by atoms with Gasteiger partial charge in [-0.05, 0) is 121 Å². The van der Waals surface area contributed by atoms with Crippen LogP contribution >= 0.6 is 23.5 Å². The van der Waals surface area contributed by atoms with Gasteiger partial charge < -0.3 is 71.1 Å². The second-order valence-corrected chi connectivity index (χ2v) is 29.4. The Bertz CT molecular complexity index is 5150. The topological polar surface area (TPSA) is 322 Å². The summed E-state index contributed by atoms with van der Waals surface area (Å²) in [5.74, 6) is -9.48. The Morgan fingerprint density at radius 1 is 0.269 bits per heavy atom. The molecular weight excluding hydrogens is 1570 g/mol. The molecule has 0 saturated carbocycles. The lowest BCUT2D eigenvalue weighted by Gasteiger charge is -2.47.